The zero-order valence-corrected chi connectivity index (χ0v) is 5.60. The molecule has 0 aliphatic carbocycles. The minimum atomic E-state index is -0.695. The van der Waals surface area contributed by atoms with Crippen molar-refractivity contribution in [1.82, 2.24) is 0 Å². The molecule has 0 aromatic heterocycles. The van der Waals surface area contributed by atoms with E-state index in [1.807, 2.05) is 0 Å². The van der Waals surface area contributed by atoms with Crippen molar-refractivity contribution in [3.05, 3.63) is 6.92 Å². The average Bonchev–Trinajstić information content (AvgIpc) is 1.80. The van der Waals surface area contributed by atoms with E-state index in [0.29, 0.717) is 6.42 Å². The van der Waals surface area contributed by atoms with Crippen LogP contribution >= 0.6 is 0 Å². The molecule has 0 spiro atoms. The number of carbonyl (C=O) groups is 1. The Labute approximate surface area is 74.2 Å². The summed E-state index contributed by atoms with van der Waals surface area (Å²) in [6.45, 7) is 3.65. The van der Waals surface area contributed by atoms with Gasteiger partial charge in [-0.05, 0) is 6.42 Å². The molecule has 0 aliphatic heterocycles. The van der Waals surface area contributed by atoms with Crippen molar-refractivity contribution < 1.29 is 9.90 Å². The Morgan fingerprint density at radius 1 is 1.30 bits per heavy atom. The van der Waals surface area contributed by atoms with Crippen LogP contribution in [0.2, 0.25) is 0 Å². The van der Waals surface area contributed by atoms with Crippen molar-refractivity contribution in [2.24, 2.45) is 0 Å². The summed E-state index contributed by atoms with van der Waals surface area (Å²) in [5, 5.41) is 8.20. The maximum atomic E-state index is 9.95. The van der Waals surface area contributed by atoms with Crippen LogP contribution < -0.4 is 0 Å². The summed E-state index contributed by atoms with van der Waals surface area (Å²) >= 11 is 0. The van der Waals surface area contributed by atoms with E-state index < -0.39 is 5.97 Å². The Morgan fingerprint density at radius 2 is 1.90 bits per heavy atom. The van der Waals surface area contributed by atoms with Crippen molar-refractivity contribution in [3.8, 4) is 0 Å². The molecule has 0 bridgehead atoms. The number of carboxylic acids is 1. The number of unbranched alkanes of at least 4 members (excludes halogenated alkanes) is 3. The molecule has 0 aliphatic rings. The molecule has 0 rings (SSSR count). The van der Waals surface area contributed by atoms with Crippen LogP contribution in [0.3, 0.4) is 0 Å². The quantitative estimate of drug-likeness (QED) is 0.456. The van der Waals surface area contributed by atoms with E-state index in [9.17, 15) is 4.79 Å². The van der Waals surface area contributed by atoms with Gasteiger partial charge in [-0.2, -0.15) is 0 Å². The summed E-state index contributed by atoms with van der Waals surface area (Å²) in [5.74, 6) is -0.695. The van der Waals surface area contributed by atoms with Gasteiger partial charge in [-0.3, -0.25) is 4.79 Å². The summed E-state index contributed by atoms with van der Waals surface area (Å²) in [7, 11) is 0. The van der Waals surface area contributed by atoms with E-state index in [4.69, 9.17) is 5.11 Å². The summed E-state index contributed by atoms with van der Waals surface area (Å²) in [5.41, 5.74) is 0. The number of carboxylic acid groups (broad SMARTS) is 1. The molecular formula is C7H14LiO2. The zero-order valence-electron chi connectivity index (χ0n) is 5.60. The Hall–Kier alpha value is 0.0674. The molecule has 0 saturated carbocycles. The van der Waals surface area contributed by atoms with Crippen molar-refractivity contribution in [2.75, 3.05) is 0 Å². The Morgan fingerprint density at radius 3 is 2.30 bits per heavy atom. The first-order valence-corrected chi connectivity index (χ1v) is 3.28. The Bertz CT molecular complexity index is 83.7. The van der Waals surface area contributed by atoms with E-state index in [0.717, 1.165) is 25.7 Å². The molecule has 2 nitrogen and oxygen atoms in total. The van der Waals surface area contributed by atoms with E-state index in [-0.39, 0.29) is 18.9 Å². The van der Waals surface area contributed by atoms with Crippen molar-refractivity contribution in [1.29, 1.82) is 0 Å². The first kappa shape index (κ1) is 12.7. The Kier molecular flexibility index (Phi) is 11.5. The van der Waals surface area contributed by atoms with Crippen molar-refractivity contribution in [3.63, 3.8) is 0 Å². The van der Waals surface area contributed by atoms with Crippen LogP contribution in [0.15, 0.2) is 0 Å². The third-order valence-electron chi connectivity index (χ3n) is 1.14. The van der Waals surface area contributed by atoms with E-state index in [2.05, 4.69) is 6.92 Å². The molecule has 0 fully saturated rings. The minimum absolute atomic E-state index is 0. The van der Waals surface area contributed by atoms with Crippen LogP contribution in [0, 0.1) is 6.92 Å². The third kappa shape index (κ3) is 10.9. The fourth-order valence-corrected chi connectivity index (χ4v) is 0.630. The summed E-state index contributed by atoms with van der Waals surface area (Å²) in [6, 6.07) is 0. The van der Waals surface area contributed by atoms with Gasteiger partial charge in [-0.1, -0.05) is 26.2 Å². The second-order valence-electron chi connectivity index (χ2n) is 2.06. The van der Waals surface area contributed by atoms with Gasteiger partial charge in [-0.25, -0.2) is 0 Å². The molecule has 0 atom stereocenters. The maximum absolute atomic E-state index is 9.95. The number of rotatable bonds is 5. The normalized spacial score (nSPS) is 8.50. The fourth-order valence-electron chi connectivity index (χ4n) is 0.630. The van der Waals surface area contributed by atoms with Gasteiger partial charge in [0.05, 0.1) is 0 Å². The van der Waals surface area contributed by atoms with E-state index >= 15 is 0 Å². The average molecular weight is 137 g/mol. The second kappa shape index (κ2) is 9.07. The molecule has 0 saturated heterocycles. The molecule has 0 aromatic rings. The van der Waals surface area contributed by atoms with Gasteiger partial charge in [-0.15, -0.1) is 0 Å². The van der Waals surface area contributed by atoms with E-state index in [1.54, 1.807) is 0 Å². The molecule has 0 amide bonds. The first-order valence-electron chi connectivity index (χ1n) is 3.28. The van der Waals surface area contributed by atoms with Crippen LogP contribution in [-0.2, 0) is 4.79 Å². The van der Waals surface area contributed by atoms with Crippen LogP contribution in [0.25, 0.3) is 0 Å². The SMILES string of the molecule is [CH2]CCCCCC(=O)O.[LiH]. The molecule has 55 valence electrons. The Balaban J connectivity index is 0. The van der Waals surface area contributed by atoms with Crippen molar-refractivity contribution in [2.45, 2.75) is 32.1 Å². The van der Waals surface area contributed by atoms with Gasteiger partial charge < -0.3 is 5.11 Å². The first-order chi connectivity index (χ1) is 4.27. The molecule has 1 N–H and O–H groups in total. The molecule has 1 radical (unpaired) electrons. The van der Waals surface area contributed by atoms with Crippen molar-refractivity contribution >= 4 is 24.8 Å². The second-order valence-corrected chi connectivity index (χ2v) is 2.06. The predicted octanol–water partition coefficient (Wildman–Crippen LogP) is 1.21. The molecule has 3 heteroatoms. The van der Waals surface area contributed by atoms with E-state index in [1.165, 1.54) is 0 Å². The third-order valence-corrected chi connectivity index (χ3v) is 1.14. The van der Waals surface area contributed by atoms with Gasteiger partial charge in [0, 0.05) is 6.42 Å². The molecule has 0 unspecified atom stereocenters. The monoisotopic (exact) mass is 137 g/mol. The molecule has 10 heavy (non-hydrogen) atoms. The number of aliphatic carboxylic acids is 1. The summed E-state index contributed by atoms with van der Waals surface area (Å²) < 4.78 is 0. The van der Waals surface area contributed by atoms with Gasteiger partial charge >= 0.3 is 24.8 Å². The summed E-state index contributed by atoms with van der Waals surface area (Å²) in [6.07, 6.45) is 4.06. The number of hydrogen-bond donors (Lipinski definition) is 1. The van der Waals surface area contributed by atoms with Gasteiger partial charge in [0.2, 0.25) is 0 Å². The van der Waals surface area contributed by atoms with Crippen LogP contribution in [-0.4, -0.2) is 29.9 Å². The zero-order chi connectivity index (χ0) is 7.11. The standard InChI is InChI=1S/C7H13O2.Li.H/c1-2-3-4-5-6-7(8)9;;/h1-6H2,(H,8,9);;. The van der Waals surface area contributed by atoms with Gasteiger partial charge in [0.15, 0.2) is 0 Å². The van der Waals surface area contributed by atoms with Crippen LogP contribution in [0.1, 0.15) is 32.1 Å². The topological polar surface area (TPSA) is 37.3 Å². The van der Waals surface area contributed by atoms with Gasteiger partial charge in [0.1, 0.15) is 0 Å². The van der Waals surface area contributed by atoms with Gasteiger partial charge in [0.25, 0.3) is 0 Å². The molecule has 0 aromatic carbocycles. The predicted molar refractivity (Wildman–Crippen MR) is 43.2 cm³/mol. The summed E-state index contributed by atoms with van der Waals surface area (Å²) in [4.78, 5) is 9.95. The fraction of sp³-hybridized carbons (Fsp3) is 0.714. The van der Waals surface area contributed by atoms with Crippen LogP contribution in [0.4, 0.5) is 0 Å². The molecule has 0 heterocycles. The molecular weight excluding hydrogens is 123 g/mol. The number of hydrogen-bond acceptors (Lipinski definition) is 1. The van der Waals surface area contributed by atoms with Crippen LogP contribution in [0.5, 0.6) is 0 Å².